The molecule has 6 heteroatoms. The zero-order valence-corrected chi connectivity index (χ0v) is 18.7. The van der Waals surface area contributed by atoms with Gasteiger partial charge in [0.15, 0.2) is 0 Å². The largest absolute Gasteiger partial charge is 0.543 e. The molecule has 0 aliphatic heterocycles. The molecule has 0 saturated carbocycles. The van der Waals surface area contributed by atoms with E-state index in [1.54, 1.807) is 11.8 Å². The van der Waals surface area contributed by atoms with Crippen LogP contribution in [0.3, 0.4) is 0 Å². The molecule has 0 heterocycles. The molecule has 0 saturated heterocycles. The van der Waals surface area contributed by atoms with Crippen molar-refractivity contribution in [1.82, 2.24) is 0 Å². The van der Waals surface area contributed by atoms with Gasteiger partial charge in [0.25, 0.3) is 8.32 Å². The fourth-order valence-electron chi connectivity index (χ4n) is 1.89. The fraction of sp³-hybridized carbons (Fsp3) is 0.588. The van der Waals surface area contributed by atoms with Gasteiger partial charge in [-0.05, 0) is 60.2 Å². The van der Waals surface area contributed by atoms with Crippen molar-refractivity contribution in [2.75, 3.05) is 12.9 Å². The number of thioether (sulfide) groups is 1. The van der Waals surface area contributed by atoms with Gasteiger partial charge < -0.3 is 9.16 Å². The third-order valence-electron chi connectivity index (χ3n) is 4.28. The number of rotatable bonds is 5. The summed E-state index contributed by atoms with van der Waals surface area (Å²) in [6, 6.07) is 1.82. The lowest BCUT2D eigenvalue weighted by atomic mass is 10.1. The summed E-state index contributed by atoms with van der Waals surface area (Å²) in [4.78, 5) is 13.5. The zero-order chi connectivity index (χ0) is 18.0. The van der Waals surface area contributed by atoms with Gasteiger partial charge in [-0.25, -0.2) is 4.79 Å². The van der Waals surface area contributed by atoms with Crippen LogP contribution in [0.4, 0.5) is 0 Å². The Balaban J connectivity index is 3.51. The topological polar surface area (TPSA) is 35.5 Å². The Hall–Kier alpha value is -0.463. The van der Waals surface area contributed by atoms with E-state index in [0.717, 1.165) is 14.9 Å². The minimum atomic E-state index is -2.06. The number of benzene rings is 1. The van der Waals surface area contributed by atoms with Crippen LogP contribution >= 0.6 is 27.7 Å². The second-order valence-corrected chi connectivity index (χ2v) is 13.4. The van der Waals surface area contributed by atoms with Crippen LogP contribution in [0.25, 0.3) is 0 Å². The number of halogens is 1. The molecule has 3 nitrogen and oxygen atoms in total. The highest BCUT2D eigenvalue weighted by atomic mass is 79.9. The van der Waals surface area contributed by atoms with Gasteiger partial charge in [-0.15, -0.1) is 11.8 Å². The highest BCUT2D eigenvalue weighted by Crippen LogP contribution is 2.43. The Morgan fingerprint density at radius 3 is 2.35 bits per heavy atom. The van der Waals surface area contributed by atoms with E-state index in [4.69, 9.17) is 9.16 Å². The number of carbonyl (C=O) groups is 1. The van der Waals surface area contributed by atoms with E-state index in [0.29, 0.717) is 17.9 Å². The monoisotopic (exact) mass is 418 g/mol. The van der Waals surface area contributed by atoms with E-state index < -0.39 is 8.32 Å². The lowest BCUT2D eigenvalue weighted by Gasteiger charge is -2.37. The third-order valence-corrected chi connectivity index (χ3v) is 10.4. The molecule has 0 amide bonds. The maximum atomic E-state index is 12.4. The molecule has 0 spiro atoms. The standard InChI is InChI=1S/C17H27BrO3SSi/c1-9-20-16(19)12-10-13(18)15(22-6)11(2)14(12)21-23(7,8)17(3,4)5/h10H,9H2,1-8H3. The summed E-state index contributed by atoms with van der Waals surface area (Å²) in [7, 11) is -2.06. The third kappa shape index (κ3) is 4.54. The number of hydrogen-bond donors (Lipinski definition) is 0. The first-order chi connectivity index (χ1) is 10.5. The lowest BCUT2D eigenvalue weighted by Crippen LogP contribution is -2.44. The molecule has 0 aliphatic carbocycles. The summed E-state index contributed by atoms with van der Waals surface area (Å²) in [5.74, 6) is 0.334. The Kier molecular flexibility index (Phi) is 6.81. The molecule has 0 fully saturated rings. The van der Waals surface area contributed by atoms with E-state index in [-0.39, 0.29) is 11.0 Å². The maximum absolute atomic E-state index is 12.4. The summed E-state index contributed by atoms with van der Waals surface area (Å²) in [6.45, 7) is 15.1. The van der Waals surface area contributed by atoms with E-state index in [9.17, 15) is 4.79 Å². The van der Waals surface area contributed by atoms with Crippen LogP contribution in [0, 0.1) is 6.92 Å². The van der Waals surface area contributed by atoms with Crippen LogP contribution in [0.1, 0.15) is 43.6 Å². The number of hydrogen-bond acceptors (Lipinski definition) is 4. The number of esters is 1. The van der Waals surface area contributed by atoms with Gasteiger partial charge in [0.1, 0.15) is 11.3 Å². The summed E-state index contributed by atoms with van der Waals surface area (Å²) < 4.78 is 12.6. The highest BCUT2D eigenvalue weighted by molar-refractivity contribution is 9.10. The minimum absolute atomic E-state index is 0.0535. The molecule has 130 valence electrons. The smallest absolute Gasteiger partial charge is 0.341 e. The first kappa shape index (κ1) is 20.6. The quantitative estimate of drug-likeness (QED) is 0.331. The van der Waals surface area contributed by atoms with Crippen molar-refractivity contribution in [3.63, 3.8) is 0 Å². The molecule has 1 aromatic rings. The highest BCUT2D eigenvalue weighted by Gasteiger charge is 2.40. The van der Waals surface area contributed by atoms with Crippen molar-refractivity contribution in [2.45, 2.75) is 57.6 Å². The normalized spacial score (nSPS) is 12.2. The van der Waals surface area contributed by atoms with Crippen LogP contribution in [0.5, 0.6) is 5.75 Å². The van der Waals surface area contributed by atoms with Crippen LogP contribution in [0.15, 0.2) is 15.4 Å². The zero-order valence-electron chi connectivity index (χ0n) is 15.3. The predicted molar refractivity (Wildman–Crippen MR) is 104 cm³/mol. The average Bonchev–Trinajstić information content (AvgIpc) is 2.41. The van der Waals surface area contributed by atoms with Crippen LogP contribution in [-0.2, 0) is 4.74 Å². The molecule has 0 aromatic heterocycles. The summed E-state index contributed by atoms with van der Waals surface area (Å²) in [6.07, 6.45) is 2.02. The molecular weight excluding hydrogens is 392 g/mol. The summed E-state index contributed by atoms with van der Waals surface area (Å²) in [5.41, 5.74) is 1.48. The van der Waals surface area contributed by atoms with Crippen molar-refractivity contribution in [2.24, 2.45) is 0 Å². The Bertz CT molecular complexity index is 594. The lowest BCUT2D eigenvalue weighted by molar-refractivity contribution is 0.0523. The number of ether oxygens (including phenoxy) is 1. The second kappa shape index (κ2) is 7.62. The van der Waals surface area contributed by atoms with Gasteiger partial charge in [-0.3, -0.25) is 0 Å². The van der Waals surface area contributed by atoms with Gasteiger partial charge in [-0.1, -0.05) is 20.8 Å². The molecule has 23 heavy (non-hydrogen) atoms. The molecule has 1 aromatic carbocycles. The molecule has 1 rings (SSSR count). The summed E-state index contributed by atoms with van der Waals surface area (Å²) >= 11 is 5.20. The second-order valence-electron chi connectivity index (χ2n) is 6.98. The Morgan fingerprint density at radius 2 is 1.91 bits per heavy atom. The molecule has 0 unspecified atom stereocenters. The summed E-state index contributed by atoms with van der Waals surface area (Å²) in [5, 5.41) is 0.0535. The maximum Gasteiger partial charge on any atom is 0.341 e. The van der Waals surface area contributed by atoms with Gasteiger partial charge in [0.2, 0.25) is 0 Å². The van der Waals surface area contributed by atoms with Crippen LogP contribution in [-0.4, -0.2) is 27.1 Å². The van der Waals surface area contributed by atoms with Crippen LogP contribution in [0.2, 0.25) is 18.1 Å². The van der Waals surface area contributed by atoms with Crippen molar-refractivity contribution in [3.05, 3.63) is 21.7 Å². The molecule has 0 aliphatic rings. The van der Waals surface area contributed by atoms with Gasteiger partial charge >= 0.3 is 5.97 Å². The Labute approximate surface area is 153 Å². The van der Waals surface area contributed by atoms with Crippen molar-refractivity contribution in [1.29, 1.82) is 0 Å². The van der Waals surface area contributed by atoms with Gasteiger partial charge in [-0.2, -0.15) is 0 Å². The van der Waals surface area contributed by atoms with Crippen molar-refractivity contribution >= 4 is 42.0 Å². The van der Waals surface area contributed by atoms with Crippen LogP contribution < -0.4 is 4.43 Å². The first-order valence-corrected chi connectivity index (χ1v) is 12.6. The SMILES string of the molecule is CCOC(=O)c1cc(Br)c(SC)c(C)c1O[Si](C)(C)C(C)(C)C. The molecule has 0 bridgehead atoms. The Morgan fingerprint density at radius 1 is 1.35 bits per heavy atom. The van der Waals surface area contributed by atoms with E-state index in [2.05, 4.69) is 49.8 Å². The fourth-order valence-corrected chi connectivity index (χ4v) is 4.64. The first-order valence-electron chi connectivity index (χ1n) is 7.69. The predicted octanol–water partition coefficient (Wildman–Crippen LogP) is 6.04. The minimum Gasteiger partial charge on any atom is -0.543 e. The van der Waals surface area contributed by atoms with Crippen molar-refractivity contribution in [3.8, 4) is 5.75 Å². The van der Waals surface area contributed by atoms with E-state index in [1.807, 2.05) is 26.2 Å². The average molecular weight is 419 g/mol. The van der Waals surface area contributed by atoms with E-state index >= 15 is 0 Å². The molecule has 0 N–H and O–H groups in total. The van der Waals surface area contributed by atoms with Gasteiger partial charge in [0, 0.05) is 14.9 Å². The molecular formula is C17H27BrO3SSi. The van der Waals surface area contributed by atoms with Crippen molar-refractivity contribution < 1.29 is 14.0 Å². The van der Waals surface area contributed by atoms with E-state index in [1.165, 1.54) is 0 Å². The van der Waals surface area contributed by atoms with Gasteiger partial charge in [0.05, 0.1) is 6.61 Å². The molecule has 0 radical (unpaired) electrons. The molecule has 0 atom stereocenters. The number of carbonyl (C=O) groups excluding carboxylic acids is 1.